The highest BCUT2D eigenvalue weighted by Crippen LogP contribution is 2.29. The number of rotatable bonds is 3. The molecule has 4 heterocycles. The Morgan fingerprint density at radius 1 is 1.21 bits per heavy atom. The normalized spacial score (nSPS) is 23.8. The van der Waals surface area contributed by atoms with Crippen LogP contribution >= 0.6 is 0 Å². The van der Waals surface area contributed by atoms with E-state index in [0.29, 0.717) is 30.8 Å². The molecule has 3 aliphatic rings. The molecular weight excluding hydrogens is 312 g/mol. The third kappa shape index (κ3) is 2.26. The first-order valence-corrected chi connectivity index (χ1v) is 7.91. The fraction of sp³-hybridized carbons (Fsp3) is 0.438. The number of imide groups is 1. The molecule has 8 nitrogen and oxygen atoms in total. The van der Waals surface area contributed by atoms with Crippen LogP contribution in [-0.2, 0) is 20.9 Å². The zero-order chi connectivity index (χ0) is 16.8. The van der Waals surface area contributed by atoms with E-state index in [0.717, 1.165) is 12.1 Å². The van der Waals surface area contributed by atoms with Gasteiger partial charge in [0.15, 0.2) is 0 Å². The summed E-state index contributed by atoms with van der Waals surface area (Å²) in [5.41, 5.74) is 1.13. The van der Waals surface area contributed by atoms with Gasteiger partial charge in [0.1, 0.15) is 18.1 Å². The van der Waals surface area contributed by atoms with Crippen LogP contribution in [0.5, 0.6) is 0 Å². The monoisotopic (exact) mass is 328 g/mol. The SMILES string of the molecule is O=CC1CN(c2ccc3c(n2)CN(C2CCC(=O)NC2=O)C3=O)C1. The first kappa shape index (κ1) is 14.8. The van der Waals surface area contributed by atoms with Gasteiger partial charge >= 0.3 is 0 Å². The first-order chi connectivity index (χ1) is 11.6. The van der Waals surface area contributed by atoms with Gasteiger partial charge in [-0.05, 0) is 18.6 Å². The van der Waals surface area contributed by atoms with Gasteiger partial charge in [0, 0.05) is 25.4 Å². The van der Waals surface area contributed by atoms with Crippen molar-refractivity contribution in [1.82, 2.24) is 15.2 Å². The van der Waals surface area contributed by atoms with Gasteiger partial charge in [-0.25, -0.2) is 4.98 Å². The Kier molecular flexibility index (Phi) is 3.33. The maximum Gasteiger partial charge on any atom is 0.256 e. The molecule has 0 aliphatic carbocycles. The molecule has 124 valence electrons. The van der Waals surface area contributed by atoms with Crippen molar-refractivity contribution in [3.05, 3.63) is 23.4 Å². The van der Waals surface area contributed by atoms with Crippen molar-refractivity contribution in [2.75, 3.05) is 18.0 Å². The molecule has 0 saturated carbocycles. The highest BCUT2D eigenvalue weighted by atomic mass is 16.2. The largest absolute Gasteiger partial charge is 0.355 e. The number of hydrogen-bond donors (Lipinski definition) is 1. The topological polar surface area (TPSA) is 99.7 Å². The third-order valence-electron chi connectivity index (χ3n) is 4.78. The van der Waals surface area contributed by atoms with Crippen LogP contribution in [0.4, 0.5) is 5.82 Å². The van der Waals surface area contributed by atoms with Gasteiger partial charge in [-0.1, -0.05) is 0 Å². The molecule has 2 saturated heterocycles. The van der Waals surface area contributed by atoms with Crippen LogP contribution in [-0.4, -0.2) is 53.0 Å². The first-order valence-electron chi connectivity index (χ1n) is 7.91. The molecule has 8 heteroatoms. The van der Waals surface area contributed by atoms with Crippen molar-refractivity contribution >= 4 is 29.8 Å². The summed E-state index contributed by atoms with van der Waals surface area (Å²) in [5, 5.41) is 2.28. The highest BCUT2D eigenvalue weighted by Gasteiger charge is 2.40. The van der Waals surface area contributed by atoms with Crippen LogP contribution in [0.3, 0.4) is 0 Å². The number of nitrogens with zero attached hydrogens (tertiary/aromatic N) is 3. The molecule has 3 aliphatic heterocycles. The number of pyridine rings is 1. The Bertz CT molecular complexity index is 756. The predicted molar refractivity (Wildman–Crippen MR) is 82.0 cm³/mol. The summed E-state index contributed by atoms with van der Waals surface area (Å²) in [5.74, 6) is -0.174. The minimum atomic E-state index is -0.628. The summed E-state index contributed by atoms with van der Waals surface area (Å²) in [6, 6.07) is 2.86. The Morgan fingerprint density at radius 2 is 2.00 bits per heavy atom. The summed E-state index contributed by atoms with van der Waals surface area (Å²) in [7, 11) is 0. The molecule has 0 radical (unpaired) electrons. The molecule has 1 aromatic rings. The second-order valence-corrected chi connectivity index (χ2v) is 6.36. The second-order valence-electron chi connectivity index (χ2n) is 6.36. The number of carbonyl (C=O) groups excluding carboxylic acids is 4. The second kappa shape index (κ2) is 5.40. The minimum absolute atomic E-state index is 0.0432. The van der Waals surface area contributed by atoms with Gasteiger partial charge < -0.3 is 14.6 Å². The van der Waals surface area contributed by atoms with E-state index >= 15 is 0 Å². The number of carbonyl (C=O) groups is 4. The van der Waals surface area contributed by atoms with Crippen molar-refractivity contribution in [3.63, 3.8) is 0 Å². The Labute approximate surface area is 137 Å². The Hall–Kier alpha value is -2.77. The zero-order valence-corrected chi connectivity index (χ0v) is 12.9. The van der Waals surface area contributed by atoms with Gasteiger partial charge in [-0.2, -0.15) is 0 Å². The smallest absolute Gasteiger partial charge is 0.256 e. The molecule has 1 unspecified atom stereocenters. The molecule has 4 rings (SSSR count). The molecule has 0 spiro atoms. The predicted octanol–water partition coefficient (Wildman–Crippen LogP) is -0.522. The highest BCUT2D eigenvalue weighted by molar-refractivity contribution is 6.05. The van der Waals surface area contributed by atoms with Crippen LogP contribution in [0.1, 0.15) is 28.9 Å². The van der Waals surface area contributed by atoms with Crippen LogP contribution < -0.4 is 10.2 Å². The quantitative estimate of drug-likeness (QED) is 0.592. The average molecular weight is 328 g/mol. The molecule has 1 aromatic heterocycles. The van der Waals surface area contributed by atoms with E-state index in [2.05, 4.69) is 10.3 Å². The van der Waals surface area contributed by atoms with Gasteiger partial charge in [-0.15, -0.1) is 0 Å². The number of aromatic nitrogens is 1. The van der Waals surface area contributed by atoms with Crippen molar-refractivity contribution in [1.29, 1.82) is 0 Å². The van der Waals surface area contributed by atoms with Crippen molar-refractivity contribution in [2.24, 2.45) is 5.92 Å². The van der Waals surface area contributed by atoms with Gasteiger partial charge in [0.05, 0.1) is 17.8 Å². The lowest BCUT2D eigenvalue weighted by atomic mass is 10.0. The van der Waals surface area contributed by atoms with E-state index < -0.39 is 11.9 Å². The lowest BCUT2D eigenvalue weighted by Gasteiger charge is -2.37. The summed E-state index contributed by atoms with van der Waals surface area (Å²) in [6.07, 6.45) is 1.51. The molecule has 0 bridgehead atoms. The molecule has 1 N–H and O–H groups in total. The average Bonchev–Trinajstić information content (AvgIpc) is 2.83. The molecule has 1 atom stereocenters. The van der Waals surface area contributed by atoms with E-state index in [1.165, 1.54) is 4.90 Å². The number of amides is 3. The summed E-state index contributed by atoms with van der Waals surface area (Å²) in [6.45, 7) is 1.54. The summed E-state index contributed by atoms with van der Waals surface area (Å²) >= 11 is 0. The minimum Gasteiger partial charge on any atom is -0.355 e. The number of anilines is 1. The van der Waals surface area contributed by atoms with E-state index in [4.69, 9.17) is 0 Å². The Balaban J connectivity index is 1.53. The number of piperidine rings is 1. The number of nitrogens with one attached hydrogen (secondary N) is 1. The van der Waals surface area contributed by atoms with E-state index in [1.807, 2.05) is 4.90 Å². The zero-order valence-electron chi connectivity index (χ0n) is 12.9. The maximum absolute atomic E-state index is 12.5. The standard InChI is InChI=1S/C16H16N4O4/c21-8-9-5-19(6-9)13-3-1-10-11(17-13)7-20(16(10)24)12-2-4-14(22)18-15(12)23/h1,3,8-9,12H,2,4-7H2,(H,18,22,23). The van der Waals surface area contributed by atoms with Crippen LogP contribution in [0.15, 0.2) is 12.1 Å². The van der Waals surface area contributed by atoms with E-state index in [1.54, 1.807) is 12.1 Å². The molecular formula is C16H16N4O4. The fourth-order valence-electron chi connectivity index (χ4n) is 3.39. The van der Waals surface area contributed by atoms with E-state index in [-0.39, 0.29) is 30.7 Å². The van der Waals surface area contributed by atoms with Crippen LogP contribution in [0.2, 0.25) is 0 Å². The molecule has 2 fully saturated rings. The van der Waals surface area contributed by atoms with Gasteiger partial charge in [0.2, 0.25) is 11.8 Å². The lowest BCUT2D eigenvalue weighted by Crippen LogP contribution is -2.52. The number of fused-ring (bicyclic) bond motifs is 1. The fourth-order valence-corrected chi connectivity index (χ4v) is 3.39. The Morgan fingerprint density at radius 3 is 2.71 bits per heavy atom. The van der Waals surface area contributed by atoms with Gasteiger partial charge in [0.25, 0.3) is 5.91 Å². The number of aldehydes is 1. The third-order valence-corrected chi connectivity index (χ3v) is 4.78. The van der Waals surface area contributed by atoms with Crippen molar-refractivity contribution in [3.8, 4) is 0 Å². The van der Waals surface area contributed by atoms with E-state index in [9.17, 15) is 19.2 Å². The molecule has 24 heavy (non-hydrogen) atoms. The number of hydrogen-bond acceptors (Lipinski definition) is 6. The van der Waals surface area contributed by atoms with Gasteiger partial charge in [-0.3, -0.25) is 19.7 Å². The summed E-state index contributed by atoms with van der Waals surface area (Å²) < 4.78 is 0. The van der Waals surface area contributed by atoms with Crippen molar-refractivity contribution in [2.45, 2.75) is 25.4 Å². The maximum atomic E-state index is 12.5. The summed E-state index contributed by atoms with van der Waals surface area (Å²) in [4.78, 5) is 54.5. The van der Waals surface area contributed by atoms with Crippen molar-refractivity contribution < 1.29 is 19.2 Å². The lowest BCUT2D eigenvalue weighted by molar-refractivity contribution is -0.136. The van der Waals surface area contributed by atoms with Crippen LogP contribution in [0.25, 0.3) is 0 Å². The molecule has 0 aromatic carbocycles. The van der Waals surface area contributed by atoms with Crippen LogP contribution in [0, 0.1) is 5.92 Å². The molecule has 3 amide bonds.